The highest BCUT2D eigenvalue weighted by atomic mass is 16.5. The molecule has 1 N–H and O–H groups in total. The number of aliphatic hydroxyl groups is 1. The molecule has 1 aliphatic rings. The molecule has 0 aromatic heterocycles. The molecule has 0 radical (unpaired) electrons. The quantitative estimate of drug-likeness (QED) is 0.852. The molecule has 0 spiro atoms. The molecule has 0 bridgehead atoms. The van der Waals surface area contributed by atoms with E-state index in [1.165, 1.54) is 0 Å². The molecule has 4 nitrogen and oxygen atoms in total. The van der Waals surface area contributed by atoms with Gasteiger partial charge < -0.3 is 14.6 Å². The summed E-state index contributed by atoms with van der Waals surface area (Å²) in [6.07, 6.45) is 0.650. The minimum atomic E-state index is -1.25. The van der Waals surface area contributed by atoms with Crippen molar-refractivity contribution in [3.8, 4) is 5.75 Å². The topological polar surface area (TPSA) is 55.8 Å². The number of benzene rings is 1. The zero-order valence-electron chi connectivity index (χ0n) is 11.6. The molecule has 1 aromatic rings. The number of rotatable bonds is 3. The Morgan fingerprint density at radius 1 is 1.53 bits per heavy atom. The number of hydrogen-bond donors (Lipinski definition) is 1. The van der Waals surface area contributed by atoms with Crippen molar-refractivity contribution in [2.24, 2.45) is 0 Å². The summed E-state index contributed by atoms with van der Waals surface area (Å²) < 4.78 is 10.7. The number of hydrogen-bond acceptors (Lipinski definition) is 4. The van der Waals surface area contributed by atoms with E-state index in [0.29, 0.717) is 5.56 Å². The van der Waals surface area contributed by atoms with Crippen LogP contribution >= 0.6 is 0 Å². The maximum absolute atomic E-state index is 11.5. The second-order valence-corrected chi connectivity index (χ2v) is 5.38. The van der Waals surface area contributed by atoms with E-state index in [1.807, 2.05) is 19.9 Å². The number of ether oxygens (including phenoxy) is 2. The Balaban J connectivity index is 2.23. The number of carbonyl (C=O) groups excluding carboxylic acids is 1. The molecule has 19 heavy (non-hydrogen) atoms. The summed E-state index contributed by atoms with van der Waals surface area (Å²) in [5, 5.41) is 9.92. The Hall–Kier alpha value is -1.55. The molecular formula is C15H20O4. The van der Waals surface area contributed by atoms with E-state index < -0.39 is 12.1 Å². The lowest BCUT2D eigenvalue weighted by atomic mass is 9.93. The fourth-order valence-corrected chi connectivity index (χ4v) is 2.18. The Bertz CT molecular complexity index is 479. The van der Waals surface area contributed by atoms with Crippen molar-refractivity contribution < 1.29 is 19.4 Å². The van der Waals surface area contributed by atoms with Crippen molar-refractivity contribution in [2.75, 3.05) is 6.61 Å². The fourth-order valence-electron chi connectivity index (χ4n) is 2.18. The molecule has 0 fully saturated rings. The van der Waals surface area contributed by atoms with Crippen LogP contribution in [0.2, 0.25) is 0 Å². The molecular weight excluding hydrogens is 244 g/mol. The van der Waals surface area contributed by atoms with Gasteiger partial charge in [-0.3, -0.25) is 0 Å². The summed E-state index contributed by atoms with van der Waals surface area (Å²) in [6.45, 7) is 6.03. The van der Waals surface area contributed by atoms with Crippen molar-refractivity contribution in [1.82, 2.24) is 0 Å². The molecule has 1 unspecified atom stereocenters. The van der Waals surface area contributed by atoms with Gasteiger partial charge in [-0.1, -0.05) is 12.1 Å². The van der Waals surface area contributed by atoms with Crippen LogP contribution in [0.15, 0.2) is 18.2 Å². The second kappa shape index (κ2) is 5.21. The van der Waals surface area contributed by atoms with E-state index in [9.17, 15) is 9.90 Å². The highest BCUT2D eigenvalue weighted by Crippen LogP contribution is 2.34. The van der Waals surface area contributed by atoms with Crippen LogP contribution in [0, 0.1) is 0 Å². The maximum atomic E-state index is 11.5. The predicted molar refractivity (Wildman–Crippen MR) is 71.1 cm³/mol. The van der Waals surface area contributed by atoms with Gasteiger partial charge in [0, 0.05) is 0 Å². The van der Waals surface area contributed by atoms with E-state index in [2.05, 4.69) is 0 Å². The number of aliphatic hydroxyl groups excluding tert-OH is 1. The van der Waals surface area contributed by atoms with Crippen molar-refractivity contribution in [3.05, 3.63) is 29.3 Å². The van der Waals surface area contributed by atoms with E-state index in [1.54, 1.807) is 19.1 Å². The van der Waals surface area contributed by atoms with Gasteiger partial charge in [-0.25, -0.2) is 4.79 Å². The monoisotopic (exact) mass is 264 g/mol. The summed E-state index contributed by atoms with van der Waals surface area (Å²) in [6, 6.07) is 5.39. The first kappa shape index (κ1) is 13.9. The molecule has 1 aliphatic heterocycles. The number of esters is 1. The van der Waals surface area contributed by atoms with E-state index in [4.69, 9.17) is 9.47 Å². The van der Waals surface area contributed by atoms with Crippen molar-refractivity contribution >= 4 is 5.97 Å². The lowest BCUT2D eigenvalue weighted by molar-refractivity contribution is -0.153. The van der Waals surface area contributed by atoms with Gasteiger partial charge >= 0.3 is 5.97 Å². The number of fused-ring (bicyclic) bond motifs is 1. The Labute approximate surface area is 113 Å². The second-order valence-electron chi connectivity index (χ2n) is 5.38. The van der Waals surface area contributed by atoms with Crippen LogP contribution in [-0.2, 0) is 16.0 Å². The van der Waals surface area contributed by atoms with Gasteiger partial charge in [-0.2, -0.15) is 0 Å². The largest absolute Gasteiger partial charge is 0.488 e. The lowest BCUT2D eigenvalue weighted by Crippen LogP contribution is -2.32. The minimum absolute atomic E-state index is 0.208. The minimum Gasteiger partial charge on any atom is -0.488 e. The standard InChI is InChI=1S/C15H20O4/c1-4-18-14(17)13(16)11-6-5-10-7-8-15(2,3)19-12(10)9-11/h5-6,9,13,16H,4,7-8H2,1-3H3. The summed E-state index contributed by atoms with van der Waals surface area (Å²) in [7, 11) is 0. The molecule has 1 atom stereocenters. The van der Waals surface area contributed by atoms with Gasteiger partial charge in [0.15, 0.2) is 6.10 Å². The first-order valence-corrected chi connectivity index (χ1v) is 6.59. The molecule has 0 saturated heterocycles. The molecule has 1 heterocycles. The molecule has 0 saturated carbocycles. The van der Waals surface area contributed by atoms with Gasteiger partial charge in [0.25, 0.3) is 0 Å². The maximum Gasteiger partial charge on any atom is 0.339 e. The van der Waals surface area contributed by atoms with Crippen molar-refractivity contribution in [1.29, 1.82) is 0 Å². The van der Waals surface area contributed by atoms with E-state index in [0.717, 1.165) is 24.2 Å². The average molecular weight is 264 g/mol. The van der Waals surface area contributed by atoms with Gasteiger partial charge in [-0.15, -0.1) is 0 Å². The average Bonchev–Trinajstić information content (AvgIpc) is 2.36. The van der Waals surface area contributed by atoms with Crippen LogP contribution in [-0.4, -0.2) is 23.3 Å². The smallest absolute Gasteiger partial charge is 0.339 e. The molecule has 0 amide bonds. The molecule has 2 rings (SSSR count). The summed E-state index contributed by atoms with van der Waals surface area (Å²) in [5.41, 5.74) is 1.41. The predicted octanol–water partition coefficient (Wildman–Crippen LogP) is 2.39. The summed E-state index contributed by atoms with van der Waals surface area (Å²) in [5.74, 6) is 0.120. The van der Waals surface area contributed by atoms with Crippen LogP contribution < -0.4 is 4.74 Å². The highest BCUT2D eigenvalue weighted by molar-refractivity contribution is 5.76. The van der Waals surface area contributed by atoms with Crippen LogP contribution in [0.4, 0.5) is 0 Å². The van der Waals surface area contributed by atoms with E-state index in [-0.39, 0.29) is 12.2 Å². The van der Waals surface area contributed by atoms with Crippen molar-refractivity contribution in [2.45, 2.75) is 45.3 Å². The highest BCUT2D eigenvalue weighted by Gasteiger charge is 2.28. The Morgan fingerprint density at radius 3 is 2.95 bits per heavy atom. The fraction of sp³-hybridized carbons (Fsp3) is 0.533. The zero-order chi connectivity index (χ0) is 14.0. The van der Waals surface area contributed by atoms with Gasteiger partial charge in [0.1, 0.15) is 11.4 Å². The zero-order valence-corrected chi connectivity index (χ0v) is 11.6. The van der Waals surface area contributed by atoms with Crippen LogP contribution in [0.5, 0.6) is 5.75 Å². The third-order valence-corrected chi connectivity index (χ3v) is 3.30. The molecule has 1 aromatic carbocycles. The van der Waals surface area contributed by atoms with Crippen LogP contribution in [0.3, 0.4) is 0 Å². The summed E-state index contributed by atoms with van der Waals surface area (Å²) in [4.78, 5) is 11.5. The third kappa shape index (κ3) is 3.07. The van der Waals surface area contributed by atoms with Crippen molar-refractivity contribution in [3.63, 3.8) is 0 Å². The summed E-state index contributed by atoms with van der Waals surface area (Å²) >= 11 is 0. The Morgan fingerprint density at radius 2 is 2.26 bits per heavy atom. The molecule has 4 heteroatoms. The first-order valence-electron chi connectivity index (χ1n) is 6.59. The number of carbonyl (C=O) groups is 1. The normalized spacial score (nSPS) is 18.1. The Kier molecular flexibility index (Phi) is 3.80. The van der Waals surface area contributed by atoms with Gasteiger partial charge in [0.2, 0.25) is 0 Å². The third-order valence-electron chi connectivity index (χ3n) is 3.30. The van der Waals surface area contributed by atoms with Crippen LogP contribution in [0.25, 0.3) is 0 Å². The van der Waals surface area contributed by atoms with E-state index >= 15 is 0 Å². The van der Waals surface area contributed by atoms with Gasteiger partial charge in [-0.05, 0) is 50.8 Å². The molecule has 0 aliphatic carbocycles. The molecule has 104 valence electrons. The SMILES string of the molecule is CCOC(=O)C(O)c1ccc2c(c1)OC(C)(C)CC2. The lowest BCUT2D eigenvalue weighted by Gasteiger charge is -2.33. The number of aryl methyl sites for hydroxylation is 1. The van der Waals surface area contributed by atoms with Crippen LogP contribution in [0.1, 0.15) is 44.4 Å². The van der Waals surface area contributed by atoms with Gasteiger partial charge in [0.05, 0.1) is 6.61 Å². The first-order chi connectivity index (χ1) is 8.93.